The molecule has 5 heteroatoms. The molecule has 1 atom stereocenters. The van der Waals surface area contributed by atoms with Crippen molar-refractivity contribution in [2.45, 2.75) is 26.3 Å². The summed E-state index contributed by atoms with van der Waals surface area (Å²) in [6.07, 6.45) is 3.03. The van der Waals surface area contributed by atoms with E-state index < -0.39 is 0 Å². The predicted octanol–water partition coefficient (Wildman–Crippen LogP) is 1.26. The van der Waals surface area contributed by atoms with Crippen molar-refractivity contribution in [1.29, 1.82) is 0 Å². The highest BCUT2D eigenvalue weighted by atomic mass is 16.3. The van der Waals surface area contributed by atoms with E-state index in [0.717, 1.165) is 51.5 Å². The van der Waals surface area contributed by atoms with Crippen molar-refractivity contribution in [3.8, 4) is 0 Å². The van der Waals surface area contributed by atoms with Gasteiger partial charge in [-0.05, 0) is 44.1 Å². The molecule has 0 aromatic carbocycles. The third kappa shape index (κ3) is 4.66. The number of rotatable bonds is 6. The second kappa shape index (κ2) is 8.32. The van der Waals surface area contributed by atoms with E-state index in [1.807, 2.05) is 6.20 Å². The van der Waals surface area contributed by atoms with Crippen LogP contribution in [0.5, 0.6) is 0 Å². The highest BCUT2D eigenvalue weighted by Gasteiger charge is 2.16. The van der Waals surface area contributed by atoms with Gasteiger partial charge in [0.05, 0.1) is 6.61 Å². The van der Waals surface area contributed by atoms with E-state index in [9.17, 15) is 0 Å². The molecule has 1 aliphatic heterocycles. The predicted molar refractivity (Wildman–Crippen MR) is 86.7 cm³/mol. The van der Waals surface area contributed by atoms with Crippen LogP contribution in [0, 0.1) is 0 Å². The summed E-state index contributed by atoms with van der Waals surface area (Å²) in [5.74, 6) is 1.07. The van der Waals surface area contributed by atoms with Crippen molar-refractivity contribution in [2.24, 2.45) is 0 Å². The molecule has 5 nitrogen and oxygen atoms in total. The Labute approximate surface area is 128 Å². The van der Waals surface area contributed by atoms with Crippen molar-refractivity contribution < 1.29 is 5.11 Å². The molecule has 0 amide bonds. The monoisotopic (exact) mass is 292 g/mol. The first kappa shape index (κ1) is 16.2. The largest absolute Gasteiger partial charge is 0.395 e. The number of aliphatic hydroxyl groups excluding tert-OH is 1. The SMILES string of the molecule is CCNC(C)c1ccnc(N2CCCN(CCO)CC2)c1. The fourth-order valence-corrected chi connectivity index (χ4v) is 2.87. The molecule has 1 aromatic heterocycles. The minimum atomic E-state index is 0.244. The van der Waals surface area contributed by atoms with Crippen LogP contribution in [-0.4, -0.2) is 60.9 Å². The van der Waals surface area contributed by atoms with Gasteiger partial charge < -0.3 is 15.3 Å². The van der Waals surface area contributed by atoms with Gasteiger partial charge in [-0.3, -0.25) is 4.90 Å². The van der Waals surface area contributed by atoms with Crippen LogP contribution in [0.1, 0.15) is 31.9 Å². The Balaban J connectivity index is 2.02. The van der Waals surface area contributed by atoms with Crippen LogP contribution >= 0.6 is 0 Å². The first-order valence-corrected chi connectivity index (χ1v) is 8.02. The molecule has 0 radical (unpaired) electrons. The van der Waals surface area contributed by atoms with E-state index in [0.29, 0.717) is 6.04 Å². The van der Waals surface area contributed by atoms with Gasteiger partial charge in [-0.25, -0.2) is 4.98 Å². The fourth-order valence-electron chi connectivity index (χ4n) is 2.87. The lowest BCUT2D eigenvalue weighted by Crippen LogP contribution is -2.32. The molecule has 1 saturated heterocycles. The Kier molecular flexibility index (Phi) is 6.42. The molecule has 0 bridgehead atoms. The molecule has 2 rings (SSSR count). The lowest BCUT2D eigenvalue weighted by Gasteiger charge is -2.23. The van der Waals surface area contributed by atoms with Crippen LogP contribution in [-0.2, 0) is 0 Å². The second-order valence-corrected chi connectivity index (χ2v) is 5.63. The summed E-state index contributed by atoms with van der Waals surface area (Å²) in [7, 11) is 0. The topological polar surface area (TPSA) is 51.6 Å². The van der Waals surface area contributed by atoms with Crippen molar-refractivity contribution in [2.75, 3.05) is 50.8 Å². The maximum absolute atomic E-state index is 9.07. The number of hydrogen-bond donors (Lipinski definition) is 2. The van der Waals surface area contributed by atoms with Crippen LogP contribution < -0.4 is 10.2 Å². The zero-order valence-corrected chi connectivity index (χ0v) is 13.3. The first-order chi connectivity index (χ1) is 10.2. The fraction of sp³-hybridized carbons (Fsp3) is 0.688. The van der Waals surface area contributed by atoms with Crippen molar-refractivity contribution >= 4 is 5.82 Å². The summed E-state index contributed by atoms with van der Waals surface area (Å²) in [4.78, 5) is 9.23. The van der Waals surface area contributed by atoms with Crippen LogP contribution in [0.3, 0.4) is 0 Å². The number of aliphatic hydroxyl groups is 1. The minimum absolute atomic E-state index is 0.244. The minimum Gasteiger partial charge on any atom is -0.395 e. The standard InChI is InChI=1S/C16H28N4O/c1-3-17-14(2)15-5-6-18-16(13-15)20-8-4-7-19(9-10-20)11-12-21/h5-6,13-14,17,21H,3-4,7-12H2,1-2H3. The van der Waals surface area contributed by atoms with E-state index in [-0.39, 0.29) is 6.61 Å². The van der Waals surface area contributed by atoms with Gasteiger partial charge in [0.2, 0.25) is 0 Å². The maximum atomic E-state index is 9.07. The molecular weight excluding hydrogens is 264 g/mol. The molecule has 0 spiro atoms. The van der Waals surface area contributed by atoms with Crippen molar-refractivity contribution in [3.63, 3.8) is 0 Å². The number of pyridine rings is 1. The summed E-state index contributed by atoms with van der Waals surface area (Å²) in [5, 5.41) is 12.5. The first-order valence-electron chi connectivity index (χ1n) is 8.02. The summed E-state index contributed by atoms with van der Waals surface area (Å²) in [6, 6.07) is 4.65. The quantitative estimate of drug-likeness (QED) is 0.826. The number of β-amino-alcohol motifs (C(OH)–C–C–N with tert-alkyl or cyclic N) is 1. The van der Waals surface area contributed by atoms with E-state index in [4.69, 9.17) is 5.11 Å². The third-order valence-corrected chi connectivity index (χ3v) is 4.11. The molecule has 0 aliphatic carbocycles. The molecule has 1 aliphatic rings. The molecular formula is C16H28N4O. The molecule has 1 unspecified atom stereocenters. The molecule has 2 heterocycles. The normalized spacial score (nSPS) is 18.5. The highest BCUT2D eigenvalue weighted by Crippen LogP contribution is 2.19. The Morgan fingerprint density at radius 3 is 2.95 bits per heavy atom. The molecule has 1 aromatic rings. The number of anilines is 1. The Bertz CT molecular complexity index is 426. The average molecular weight is 292 g/mol. The van der Waals surface area contributed by atoms with E-state index in [2.05, 4.69) is 46.1 Å². The van der Waals surface area contributed by atoms with E-state index >= 15 is 0 Å². The molecule has 118 valence electrons. The van der Waals surface area contributed by atoms with E-state index in [1.54, 1.807) is 0 Å². The van der Waals surface area contributed by atoms with Crippen LogP contribution in [0.25, 0.3) is 0 Å². The zero-order valence-electron chi connectivity index (χ0n) is 13.3. The molecule has 1 fully saturated rings. The summed E-state index contributed by atoms with van der Waals surface area (Å²) in [5.41, 5.74) is 1.29. The lowest BCUT2D eigenvalue weighted by atomic mass is 10.1. The smallest absolute Gasteiger partial charge is 0.128 e. The summed E-state index contributed by atoms with van der Waals surface area (Å²) >= 11 is 0. The number of nitrogens with zero attached hydrogens (tertiary/aromatic N) is 3. The molecule has 21 heavy (non-hydrogen) atoms. The van der Waals surface area contributed by atoms with Gasteiger partial charge >= 0.3 is 0 Å². The average Bonchev–Trinajstić information content (AvgIpc) is 2.74. The maximum Gasteiger partial charge on any atom is 0.128 e. The van der Waals surface area contributed by atoms with Crippen LogP contribution in [0.15, 0.2) is 18.3 Å². The highest BCUT2D eigenvalue weighted by molar-refractivity contribution is 5.42. The van der Waals surface area contributed by atoms with Gasteiger partial charge in [0.25, 0.3) is 0 Å². The third-order valence-electron chi connectivity index (χ3n) is 4.11. The summed E-state index contributed by atoms with van der Waals surface area (Å²) < 4.78 is 0. The number of nitrogens with one attached hydrogen (secondary N) is 1. The van der Waals surface area contributed by atoms with Gasteiger partial charge in [-0.15, -0.1) is 0 Å². The van der Waals surface area contributed by atoms with Crippen LogP contribution in [0.2, 0.25) is 0 Å². The van der Waals surface area contributed by atoms with Crippen LogP contribution in [0.4, 0.5) is 5.82 Å². The Morgan fingerprint density at radius 2 is 2.19 bits per heavy atom. The van der Waals surface area contributed by atoms with Crippen molar-refractivity contribution in [3.05, 3.63) is 23.9 Å². The van der Waals surface area contributed by atoms with Gasteiger partial charge in [0, 0.05) is 38.4 Å². The number of hydrogen-bond acceptors (Lipinski definition) is 5. The Hall–Kier alpha value is -1.17. The zero-order chi connectivity index (χ0) is 15.1. The van der Waals surface area contributed by atoms with E-state index in [1.165, 1.54) is 5.56 Å². The lowest BCUT2D eigenvalue weighted by molar-refractivity contribution is 0.204. The summed E-state index contributed by atoms with van der Waals surface area (Å²) in [6.45, 7) is 10.4. The van der Waals surface area contributed by atoms with Gasteiger partial charge in [-0.2, -0.15) is 0 Å². The Morgan fingerprint density at radius 1 is 1.33 bits per heavy atom. The van der Waals surface area contributed by atoms with Crippen molar-refractivity contribution in [1.82, 2.24) is 15.2 Å². The number of aromatic nitrogens is 1. The molecule has 0 saturated carbocycles. The molecule has 2 N–H and O–H groups in total. The second-order valence-electron chi connectivity index (χ2n) is 5.63. The van der Waals surface area contributed by atoms with Gasteiger partial charge in [0.1, 0.15) is 5.82 Å². The van der Waals surface area contributed by atoms with Gasteiger partial charge in [0.15, 0.2) is 0 Å². The van der Waals surface area contributed by atoms with Gasteiger partial charge in [-0.1, -0.05) is 6.92 Å².